The molecule has 4 heteroatoms. The van der Waals surface area contributed by atoms with Crippen molar-refractivity contribution in [3.05, 3.63) is 157 Å². The predicted molar refractivity (Wildman–Crippen MR) is 201 cm³/mol. The first-order chi connectivity index (χ1) is 24.1. The van der Waals surface area contributed by atoms with Crippen LogP contribution in [0.5, 0.6) is 23.0 Å². The molecule has 49 heavy (non-hydrogen) atoms. The van der Waals surface area contributed by atoms with Crippen LogP contribution >= 0.6 is 0 Å². The van der Waals surface area contributed by atoms with Crippen molar-refractivity contribution < 1.29 is 9.47 Å². The summed E-state index contributed by atoms with van der Waals surface area (Å²) >= 11 is 0. The van der Waals surface area contributed by atoms with Crippen molar-refractivity contribution in [2.24, 2.45) is 0 Å². The summed E-state index contributed by atoms with van der Waals surface area (Å²) in [7, 11) is 0. The lowest BCUT2D eigenvalue weighted by Gasteiger charge is -2.33. The highest BCUT2D eigenvalue weighted by Gasteiger charge is 2.41. The number of nitrogens with zero attached hydrogens (tertiary/aromatic N) is 1. The van der Waals surface area contributed by atoms with Gasteiger partial charge in [-0.3, -0.25) is 0 Å². The molecule has 2 aliphatic heterocycles. The number of benzene rings is 7. The summed E-state index contributed by atoms with van der Waals surface area (Å²) in [5.41, 5.74) is 14.6. The highest BCUT2D eigenvalue weighted by Crippen LogP contribution is 2.53. The third-order valence-corrected chi connectivity index (χ3v) is 11.1. The standard InChI is InChI=1S/C45H30BNO2/c1-45(2)34-13-5-3-11-30(34)32-23-24-33-31-12-4-8-16-37(31)47(44(33)42(32)45)29-21-19-27(20-22-29)28-25-40-43-41(26-28)49-39-18-10-7-15-36(39)46(43)35-14-6-9-17-38(35)48-40/h3-26H,1-2H3. The highest BCUT2D eigenvalue weighted by atomic mass is 16.5. The zero-order valence-corrected chi connectivity index (χ0v) is 27.2. The fraction of sp³-hybridized carbons (Fsp3) is 0.0667. The van der Waals surface area contributed by atoms with Gasteiger partial charge in [0.1, 0.15) is 23.0 Å². The van der Waals surface area contributed by atoms with Crippen LogP contribution in [-0.2, 0) is 5.41 Å². The lowest BCUT2D eigenvalue weighted by molar-refractivity contribution is 0.465. The Labute approximate surface area is 285 Å². The van der Waals surface area contributed by atoms with E-state index in [2.05, 4.69) is 152 Å². The van der Waals surface area contributed by atoms with Gasteiger partial charge in [0.25, 0.3) is 6.71 Å². The maximum absolute atomic E-state index is 6.59. The smallest absolute Gasteiger partial charge is 0.260 e. The summed E-state index contributed by atoms with van der Waals surface area (Å²) in [6, 6.07) is 52.4. The Morgan fingerprint density at radius 2 is 1.16 bits per heavy atom. The second kappa shape index (κ2) is 9.55. The van der Waals surface area contributed by atoms with Crippen LogP contribution in [0.15, 0.2) is 146 Å². The molecule has 3 nitrogen and oxygen atoms in total. The van der Waals surface area contributed by atoms with Crippen molar-refractivity contribution in [2.45, 2.75) is 19.3 Å². The van der Waals surface area contributed by atoms with Gasteiger partial charge in [0, 0.05) is 27.3 Å². The summed E-state index contributed by atoms with van der Waals surface area (Å²) in [4.78, 5) is 0. The first-order valence-electron chi connectivity index (χ1n) is 17.0. The van der Waals surface area contributed by atoms with Crippen LogP contribution in [-0.4, -0.2) is 11.3 Å². The van der Waals surface area contributed by atoms with Crippen LogP contribution in [0, 0.1) is 0 Å². The van der Waals surface area contributed by atoms with Crippen molar-refractivity contribution in [3.8, 4) is 50.9 Å². The van der Waals surface area contributed by atoms with E-state index < -0.39 is 0 Å². The molecule has 0 amide bonds. The van der Waals surface area contributed by atoms with Crippen molar-refractivity contribution in [3.63, 3.8) is 0 Å². The normalized spacial score (nSPS) is 14.4. The van der Waals surface area contributed by atoms with Crippen LogP contribution in [0.25, 0.3) is 49.7 Å². The Morgan fingerprint density at radius 3 is 1.90 bits per heavy atom. The number of para-hydroxylation sites is 3. The van der Waals surface area contributed by atoms with E-state index in [1.54, 1.807) is 0 Å². The molecule has 8 aromatic rings. The van der Waals surface area contributed by atoms with Crippen molar-refractivity contribution in [1.29, 1.82) is 0 Å². The SMILES string of the molecule is CC1(C)c2ccccc2-c2ccc3c4ccccc4n(-c4ccc(-c5cc6c7c(c5)Oc5ccccc5B7c5ccccc5O6)cc4)c3c21. The molecule has 0 bridgehead atoms. The number of aromatic nitrogens is 1. The Kier molecular flexibility index (Phi) is 5.26. The number of ether oxygens (including phenoxy) is 2. The van der Waals surface area contributed by atoms with Gasteiger partial charge < -0.3 is 14.0 Å². The molecule has 3 heterocycles. The van der Waals surface area contributed by atoms with Gasteiger partial charge in [-0.2, -0.15) is 0 Å². The molecule has 0 saturated carbocycles. The minimum atomic E-state index is -0.128. The van der Waals surface area contributed by atoms with Gasteiger partial charge >= 0.3 is 0 Å². The zero-order valence-electron chi connectivity index (χ0n) is 27.2. The first kappa shape index (κ1) is 27.0. The third-order valence-electron chi connectivity index (χ3n) is 11.1. The monoisotopic (exact) mass is 627 g/mol. The molecular weight excluding hydrogens is 597 g/mol. The van der Waals surface area contributed by atoms with Gasteiger partial charge in [0.15, 0.2) is 0 Å². The number of hydrogen-bond donors (Lipinski definition) is 0. The number of rotatable bonds is 2. The molecule has 0 atom stereocenters. The van der Waals surface area contributed by atoms with Crippen LogP contribution < -0.4 is 25.9 Å². The average molecular weight is 628 g/mol. The minimum absolute atomic E-state index is 0.0729. The Morgan fingerprint density at radius 1 is 0.531 bits per heavy atom. The quantitative estimate of drug-likeness (QED) is 0.178. The Balaban J connectivity index is 1.08. The molecule has 0 spiro atoms. The maximum Gasteiger partial charge on any atom is 0.260 e. The topological polar surface area (TPSA) is 23.4 Å². The van der Waals surface area contributed by atoms with E-state index in [0.29, 0.717) is 0 Å². The zero-order chi connectivity index (χ0) is 32.4. The van der Waals surface area contributed by atoms with Crippen LogP contribution in [0.2, 0.25) is 0 Å². The third kappa shape index (κ3) is 3.58. The summed E-state index contributed by atoms with van der Waals surface area (Å²) in [6.45, 7) is 4.82. The van der Waals surface area contributed by atoms with Gasteiger partial charge in [-0.25, -0.2) is 0 Å². The van der Waals surface area contributed by atoms with Crippen molar-refractivity contribution >= 4 is 44.9 Å². The van der Waals surface area contributed by atoms with E-state index in [4.69, 9.17) is 9.47 Å². The fourth-order valence-corrected chi connectivity index (χ4v) is 8.94. The lowest BCUT2D eigenvalue weighted by atomic mass is 9.35. The molecular formula is C45H30BNO2. The van der Waals surface area contributed by atoms with Crippen LogP contribution in [0.4, 0.5) is 0 Å². The Bertz CT molecular complexity index is 2630. The summed E-state index contributed by atoms with van der Waals surface area (Å²) < 4.78 is 15.6. The van der Waals surface area contributed by atoms with Gasteiger partial charge in [0.2, 0.25) is 0 Å². The van der Waals surface area contributed by atoms with Gasteiger partial charge in [-0.05, 0) is 86.8 Å². The van der Waals surface area contributed by atoms with E-state index in [0.717, 1.165) is 45.3 Å². The average Bonchev–Trinajstić information content (AvgIpc) is 3.60. The second-order valence-corrected chi connectivity index (χ2v) is 14.1. The predicted octanol–water partition coefficient (Wildman–Crippen LogP) is 9.48. The van der Waals surface area contributed by atoms with E-state index in [1.807, 2.05) is 12.1 Å². The van der Waals surface area contributed by atoms with Crippen LogP contribution in [0.3, 0.4) is 0 Å². The number of fused-ring (bicyclic) bond motifs is 11. The largest absolute Gasteiger partial charge is 0.458 e. The molecule has 0 N–H and O–H groups in total. The Hall–Kier alpha value is -6.00. The molecule has 1 aromatic heterocycles. The van der Waals surface area contributed by atoms with E-state index in [1.165, 1.54) is 55.0 Å². The lowest BCUT2D eigenvalue weighted by Crippen LogP contribution is -2.57. The fourth-order valence-electron chi connectivity index (χ4n) is 8.94. The molecule has 0 fully saturated rings. The molecule has 1 aliphatic carbocycles. The number of hydrogen-bond acceptors (Lipinski definition) is 2. The van der Waals surface area contributed by atoms with Gasteiger partial charge in [-0.15, -0.1) is 0 Å². The highest BCUT2D eigenvalue weighted by molar-refractivity contribution is 6.98. The minimum Gasteiger partial charge on any atom is -0.458 e. The molecule has 0 unspecified atom stereocenters. The van der Waals surface area contributed by atoms with Crippen LogP contribution in [0.1, 0.15) is 25.0 Å². The summed E-state index contributed by atoms with van der Waals surface area (Å²) in [6.07, 6.45) is 0. The van der Waals surface area contributed by atoms with Gasteiger partial charge in [-0.1, -0.05) is 117 Å². The van der Waals surface area contributed by atoms with E-state index in [-0.39, 0.29) is 12.1 Å². The molecule has 0 saturated heterocycles. The molecule has 0 radical (unpaired) electrons. The first-order valence-corrected chi connectivity index (χ1v) is 17.0. The van der Waals surface area contributed by atoms with Crippen molar-refractivity contribution in [1.82, 2.24) is 4.57 Å². The molecule has 11 rings (SSSR count). The van der Waals surface area contributed by atoms with Crippen molar-refractivity contribution in [2.75, 3.05) is 0 Å². The summed E-state index contributed by atoms with van der Waals surface area (Å²) in [5.74, 6) is 3.52. The molecule has 3 aliphatic rings. The van der Waals surface area contributed by atoms with Gasteiger partial charge in [0.05, 0.1) is 11.0 Å². The molecule has 7 aromatic carbocycles. The second-order valence-electron chi connectivity index (χ2n) is 14.1. The maximum atomic E-state index is 6.59. The van der Waals surface area contributed by atoms with E-state index >= 15 is 0 Å². The van der Waals surface area contributed by atoms with E-state index in [9.17, 15) is 0 Å². The molecule has 230 valence electrons. The summed E-state index contributed by atoms with van der Waals surface area (Å²) in [5, 5.41) is 2.56.